The van der Waals surface area contributed by atoms with E-state index in [0.29, 0.717) is 11.3 Å². The molecular weight excluding hydrogens is 288 g/mol. The highest BCUT2D eigenvalue weighted by molar-refractivity contribution is 5.92. The van der Waals surface area contributed by atoms with E-state index < -0.39 is 10.8 Å². The van der Waals surface area contributed by atoms with Crippen LogP contribution < -0.4 is 15.2 Å². The summed E-state index contributed by atoms with van der Waals surface area (Å²) in [6, 6.07) is 10.7. The number of ether oxygens (including phenoxy) is 2. The molecule has 0 heterocycles. The topological polar surface area (TPSA) is 105 Å². The van der Waals surface area contributed by atoms with Crippen LogP contribution in [0.2, 0.25) is 0 Å². The van der Waals surface area contributed by atoms with Gasteiger partial charge in [-0.05, 0) is 23.8 Å². The number of methoxy groups -OCH3 is 1. The molecule has 0 bridgehead atoms. The molecule has 0 atom stereocenters. The zero-order chi connectivity index (χ0) is 16.1. The molecular formula is C15H14N2O5. The Morgan fingerprint density at radius 3 is 2.41 bits per heavy atom. The molecule has 114 valence electrons. The molecule has 0 aliphatic heterocycles. The quantitative estimate of drug-likeness (QED) is 0.651. The minimum absolute atomic E-state index is 0.0834. The van der Waals surface area contributed by atoms with Gasteiger partial charge >= 0.3 is 0 Å². The van der Waals surface area contributed by atoms with Gasteiger partial charge in [-0.15, -0.1) is 0 Å². The van der Waals surface area contributed by atoms with Crippen LogP contribution in [0.25, 0.3) is 0 Å². The predicted octanol–water partition coefficient (Wildman–Crippen LogP) is 2.28. The van der Waals surface area contributed by atoms with E-state index >= 15 is 0 Å². The van der Waals surface area contributed by atoms with E-state index in [1.165, 1.54) is 25.3 Å². The molecule has 0 radical (unpaired) electrons. The van der Waals surface area contributed by atoms with Crippen molar-refractivity contribution >= 4 is 11.6 Å². The van der Waals surface area contributed by atoms with Crippen LogP contribution in [0, 0.1) is 10.1 Å². The monoisotopic (exact) mass is 302 g/mol. The van der Waals surface area contributed by atoms with Gasteiger partial charge in [0.25, 0.3) is 5.69 Å². The molecule has 2 N–H and O–H groups in total. The van der Waals surface area contributed by atoms with Crippen LogP contribution in [0.1, 0.15) is 15.9 Å². The van der Waals surface area contributed by atoms with Crippen molar-refractivity contribution < 1.29 is 19.2 Å². The predicted molar refractivity (Wildman–Crippen MR) is 78.9 cm³/mol. The second-order valence-electron chi connectivity index (χ2n) is 4.44. The fraction of sp³-hybridized carbons (Fsp3) is 0.133. The summed E-state index contributed by atoms with van der Waals surface area (Å²) in [4.78, 5) is 21.3. The number of primary amides is 1. The number of hydrogen-bond acceptors (Lipinski definition) is 5. The van der Waals surface area contributed by atoms with E-state index in [9.17, 15) is 14.9 Å². The molecule has 22 heavy (non-hydrogen) atoms. The number of nitro groups is 1. The Labute approximate surface area is 126 Å². The molecule has 0 fully saturated rings. The van der Waals surface area contributed by atoms with Gasteiger partial charge in [0.2, 0.25) is 5.91 Å². The summed E-state index contributed by atoms with van der Waals surface area (Å²) in [6.45, 7) is 0.177. The van der Waals surface area contributed by atoms with Crippen molar-refractivity contribution in [2.75, 3.05) is 7.11 Å². The van der Waals surface area contributed by atoms with Crippen LogP contribution in [0.4, 0.5) is 5.69 Å². The van der Waals surface area contributed by atoms with Crippen LogP contribution in [0.5, 0.6) is 11.5 Å². The van der Waals surface area contributed by atoms with E-state index in [4.69, 9.17) is 15.2 Å². The van der Waals surface area contributed by atoms with Gasteiger partial charge < -0.3 is 15.2 Å². The summed E-state index contributed by atoms with van der Waals surface area (Å²) in [5.41, 5.74) is 6.27. The number of hydrogen-bond donors (Lipinski definition) is 1. The normalized spacial score (nSPS) is 10.0. The lowest BCUT2D eigenvalue weighted by Crippen LogP contribution is -2.10. The number of rotatable bonds is 6. The fourth-order valence-corrected chi connectivity index (χ4v) is 1.82. The molecule has 1 amide bonds. The number of nitrogens with two attached hydrogens (primary N) is 1. The molecule has 0 aliphatic carbocycles. The molecule has 7 nitrogen and oxygen atoms in total. The van der Waals surface area contributed by atoms with Gasteiger partial charge in [0.15, 0.2) is 11.5 Å². The van der Waals surface area contributed by atoms with E-state index in [1.54, 1.807) is 24.3 Å². The molecule has 2 aromatic carbocycles. The Kier molecular flexibility index (Phi) is 4.57. The van der Waals surface area contributed by atoms with Gasteiger partial charge in [0.05, 0.1) is 18.1 Å². The summed E-state index contributed by atoms with van der Waals surface area (Å²) in [7, 11) is 1.45. The minimum Gasteiger partial charge on any atom is -0.493 e. The molecule has 0 aromatic heterocycles. The summed E-state index contributed by atoms with van der Waals surface area (Å²) < 4.78 is 10.7. The number of amides is 1. The van der Waals surface area contributed by atoms with Crippen LogP contribution in [-0.4, -0.2) is 17.9 Å². The molecule has 7 heteroatoms. The maximum absolute atomic E-state index is 11.0. The number of benzene rings is 2. The van der Waals surface area contributed by atoms with Gasteiger partial charge in [-0.2, -0.15) is 0 Å². The first-order chi connectivity index (χ1) is 10.5. The van der Waals surface area contributed by atoms with Crippen molar-refractivity contribution in [3.63, 3.8) is 0 Å². The first kappa shape index (κ1) is 15.3. The Morgan fingerprint density at radius 2 is 1.86 bits per heavy atom. The number of carbonyl (C=O) groups excluding carboxylic acids is 1. The second-order valence-corrected chi connectivity index (χ2v) is 4.44. The van der Waals surface area contributed by atoms with E-state index in [1.807, 2.05) is 0 Å². The number of non-ortho nitro benzene ring substituents is 1. The van der Waals surface area contributed by atoms with Crippen LogP contribution in [0.3, 0.4) is 0 Å². The van der Waals surface area contributed by atoms with E-state index in [0.717, 1.165) is 5.56 Å². The van der Waals surface area contributed by atoms with Gasteiger partial charge in [0.1, 0.15) is 6.61 Å². The van der Waals surface area contributed by atoms with Crippen molar-refractivity contribution in [1.82, 2.24) is 0 Å². The summed E-state index contributed by atoms with van der Waals surface area (Å²) >= 11 is 0. The summed E-state index contributed by atoms with van der Waals surface area (Å²) in [5.74, 6) is 0.169. The number of carbonyl (C=O) groups is 1. The Hall–Kier alpha value is -3.09. The highest BCUT2D eigenvalue weighted by atomic mass is 16.6. The maximum atomic E-state index is 11.0. The zero-order valence-corrected chi connectivity index (χ0v) is 11.8. The lowest BCUT2D eigenvalue weighted by Gasteiger charge is -2.10. The van der Waals surface area contributed by atoms with Gasteiger partial charge in [-0.3, -0.25) is 14.9 Å². The lowest BCUT2D eigenvalue weighted by molar-refractivity contribution is -0.385. The highest BCUT2D eigenvalue weighted by Gasteiger charge is 2.12. The Morgan fingerprint density at radius 1 is 1.18 bits per heavy atom. The maximum Gasteiger partial charge on any atom is 0.273 e. The van der Waals surface area contributed by atoms with Crippen molar-refractivity contribution in [2.24, 2.45) is 5.73 Å². The van der Waals surface area contributed by atoms with Gasteiger partial charge in [-0.1, -0.05) is 12.1 Å². The van der Waals surface area contributed by atoms with Gasteiger partial charge in [-0.25, -0.2) is 0 Å². The standard InChI is InChI=1S/C15H14N2O5/c1-21-13-7-6-12(17(19)20)8-14(13)22-9-10-2-4-11(5-3-10)15(16)18/h2-8H,9H2,1H3,(H2,16,18). The lowest BCUT2D eigenvalue weighted by atomic mass is 10.1. The Bertz CT molecular complexity index is 698. The second kappa shape index (κ2) is 6.57. The van der Waals surface area contributed by atoms with E-state index in [2.05, 4.69) is 0 Å². The van der Waals surface area contributed by atoms with Crippen molar-refractivity contribution in [3.8, 4) is 11.5 Å². The molecule has 0 saturated heterocycles. The number of nitrogens with zero attached hydrogens (tertiary/aromatic N) is 1. The number of nitro benzene ring substituents is 1. The third-order valence-corrected chi connectivity index (χ3v) is 2.99. The molecule has 2 rings (SSSR count). The minimum atomic E-state index is -0.507. The Balaban J connectivity index is 2.14. The van der Waals surface area contributed by atoms with E-state index in [-0.39, 0.29) is 18.0 Å². The van der Waals surface area contributed by atoms with Crippen LogP contribution >= 0.6 is 0 Å². The summed E-state index contributed by atoms with van der Waals surface area (Å²) in [6.07, 6.45) is 0. The van der Waals surface area contributed by atoms with Gasteiger partial charge in [0, 0.05) is 11.6 Å². The first-order valence-electron chi connectivity index (χ1n) is 6.35. The largest absolute Gasteiger partial charge is 0.493 e. The van der Waals surface area contributed by atoms with Crippen LogP contribution in [0.15, 0.2) is 42.5 Å². The van der Waals surface area contributed by atoms with Crippen molar-refractivity contribution in [3.05, 3.63) is 63.7 Å². The third-order valence-electron chi connectivity index (χ3n) is 2.99. The SMILES string of the molecule is COc1ccc([N+](=O)[O-])cc1OCc1ccc(C(N)=O)cc1. The summed E-state index contributed by atoms with van der Waals surface area (Å²) in [5, 5.41) is 10.8. The third kappa shape index (κ3) is 3.51. The molecule has 2 aromatic rings. The molecule has 0 unspecified atom stereocenters. The first-order valence-corrected chi connectivity index (χ1v) is 6.35. The van der Waals surface area contributed by atoms with Crippen molar-refractivity contribution in [1.29, 1.82) is 0 Å². The average Bonchev–Trinajstić information content (AvgIpc) is 2.52. The molecule has 0 spiro atoms. The van der Waals surface area contributed by atoms with Crippen LogP contribution in [-0.2, 0) is 6.61 Å². The fourth-order valence-electron chi connectivity index (χ4n) is 1.82. The highest BCUT2D eigenvalue weighted by Crippen LogP contribution is 2.31. The molecule has 0 saturated carbocycles. The zero-order valence-electron chi connectivity index (χ0n) is 11.8. The molecule has 0 aliphatic rings. The average molecular weight is 302 g/mol. The van der Waals surface area contributed by atoms with Crippen molar-refractivity contribution in [2.45, 2.75) is 6.61 Å². The smallest absolute Gasteiger partial charge is 0.273 e.